The third-order valence-electron chi connectivity index (χ3n) is 3.48. The third-order valence-corrected chi connectivity index (χ3v) is 3.48. The minimum atomic E-state index is 0.216. The number of nitrogens with zero attached hydrogens (tertiary/aromatic N) is 2. The fourth-order valence-electron chi connectivity index (χ4n) is 2.47. The van der Waals surface area contributed by atoms with Crippen molar-refractivity contribution in [2.24, 2.45) is 0 Å². The molecule has 1 heterocycles. The van der Waals surface area contributed by atoms with Crippen molar-refractivity contribution < 1.29 is 9.84 Å². The van der Waals surface area contributed by atoms with Gasteiger partial charge in [0.2, 0.25) is 0 Å². The maximum absolute atomic E-state index is 9.29. The molecule has 0 bridgehead atoms. The molecule has 1 saturated heterocycles. The second-order valence-corrected chi connectivity index (χ2v) is 4.60. The van der Waals surface area contributed by atoms with Gasteiger partial charge in [0, 0.05) is 12.6 Å². The van der Waals surface area contributed by atoms with E-state index in [9.17, 15) is 5.11 Å². The number of hydrogen-bond acceptors (Lipinski definition) is 4. The number of benzene rings is 1. The predicted octanol–water partition coefficient (Wildman–Crippen LogP) is 1.52. The Bertz CT molecular complexity index is 454. The molecule has 1 atom stereocenters. The van der Waals surface area contributed by atoms with Gasteiger partial charge >= 0.3 is 0 Å². The average Bonchev–Trinajstić information content (AvgIpc) is 2.85. The van der Waals surface area contributed by atoms with Crippen molar-refractivity contribution in [2.45, 2.75) is 25.4 Å². The summed E-state index contributed by atoms with van der Waals surface area (Å²) in [7, 11) is 1.58. The quantitative estimate of drug-likeness (QED) is 0.875. The molecule has 0 aromatic heterocycles. The van der Waals surface area contributed by atoms with Gasteiger partial charge in [-0.05, 0) is 37.1 Å². The van der Waals surface area contributed by atoms with E-state index >= 15 is 0 Å². The maximum atomic E-state index is 9.29. The Morgan fingerprint density at radius 2 is 2.39 bits per heavy atom. The predicted molar refractivity (Wildman–Crippen MR) is 68.2 cm³/mol. The van der Waals surface area contributed by atoms with Gasteiger partial charge < -0.3 is 9.84 Å². The van der Waals surface area contributed by atoms with E-state index in [0.717, 1.165) is 31.5 Å². The molecule has 0 aliphatic carbocycles. The van der Waals surface area contributed by atoms with Gasteiger partial charge in [-0.15, -0.1) is 0 Å². The lowest BCUT2D eigenvalue weighted by molar-refractivity contribution is 0.153. The highest BCUT2D eigenvalue weighted by molar-refractivity contribution is 5.45. The van der Waals surface area contributed by atoms with E-state index in [1.165, 1.54) is 0 Å². The highest BCUT2D eigenvalue weighted by atomic mass is 16.5. The number of hydrogen-bond donors (Lipinski definition) is 1. The van der Waals surface area contributed by atoms with Crippen molar-refractivity contribution in [2.75, 3.05) is 20.3 Å². The van der Waals surface area contributed by atoms with Crippen LogP contribution in [0.15, 0.2) is 18.2 Å². The molecule has 4 heteroatoms. The van der Waals surface area contributed by atoms with Crippen LogP contribution in [0, 0.1) is 11.3 Å². The monoisotopic (exact) mass is 246 g/mol. The van der Waals surface area contributed by atoms with Gasteiger partial charge in [-0.1, -0.05) is 6.07 Å². The lowest BCUT2D eigenvalue weighted by atomic mass is 10.1. The Hall–Kier alpha value is -1.57. The van der Waals surface area contributed by atoms with Gasteiger partial charge in [0.25, 0.3) is 0 Å². The molecule has 0 radical (unpaired) electrons. The van der Waals surface area contributed by atoms with Crippen molar-refractivity contribution in [1.82, 2.24) is 4.90 Å². The number of methoxy groups -OCH3 is 1. The SMILES string of the molecule is COc1cc(CN2CCC[C@H]2CO)ccc1C#N. The molecule has 1 N–H and O–H groups in total. The fraction of sp³-hybridized carbons (Fsp3) is 0.500. The molecule has 96 valence electrons. The number of nitriles is 1. The molecule has 0 unspecified atom stereocenters. The number of likely N-dealkylation sites (tertiary alicyclic amines) is 1. The zero-order valence-electron chi connectivity index (χ0n) is 10.6. The van der Waals surface area contributed by atoms with E-state index in [1.54, 1.807) is 13.2 Å². The summed E-state index contributed by atoms with van der Waals surface area (Å²) in [6, 6.07) is 8.03. The second-order valence-electron chi connectivity index (χ2n) is 4.60. The molecule has 1 aliphatic rings. The lowest BCUT2D eigenvalue weighted by Gasteiger charge is -2.22. The van der Waals surface area contributed by atoms with Gasteiger partial charge in [0.05, 0.1) is 19.3 Å². The number of ether oxygens (including phenoxy) is 1. The van der Waals surface area contributed by atoms with Gasteiger partial charge in [-0.3, -0.25) is 4.90 Å². The minimum absolute atomic E-state index is 0.216. The van der Waals surface area contributed by atoms with Crippen LogP contribution in [0.3, 0.4) is 0 Å². The second kappa shape index (κ2) is 5.85. The van der Waals surface area contributed by atoms with Gasteiger partial charge in [0.15, 0.2) is 0 Å². The summed E-state index contributed by atoms with van der Waals surface area (Å²) in [5.41, 5.74) is 1.67. The molecule has 18 heavy (non-hydrogen) atoms. The highest BCUT2D eigenvalue weighted by Gasteiger charge is 2.23. The summed E-state index contributed by atoms with van der Waals surface area (Å²) in [6.07, 6.45) is 2.20. The third kappa shape index (κ3) is 2.63. The standard InChI is InChI=1S/C14H18N2O2/c1-18-14-7-11(4-5-12(14)8-15)9-16-6-2-3-13(16)10-17/h4-5,7,13,17H,2-3,6,9-10H2,1H3/t13-/m0/s1. The van der Waals surface area contributed by atoms with Crippen LogP contribution in [0.4, 0.5) is 0 Å². The number of aliphatic hydroxyl groups excluding tert-OH is 1. The molecule has 0 saturated carbocycles. The van der Waals surface area contributed by atoms with Gasteiger partial charge in [-0.2, -0.15) is 5.26 Å². The van der Waals surface area contributed by atoms with E-state index in [0.29, 0.717) is 11.3 Å². The van der Waals surface area contributed by atoms with Gasteiger partial charge in [0.1, 0.15) is 11.8 Å². The average molecular weight is 246 g/mol. The lowest BCUT2D eigenvalue weighted by Crippen LogP contribution is -2.31. The summed E-state index contributed by atoms with van der Waals surface area (Å²) in [6.45, 7) is 2.04. The van der Waals surface area contributed by atoms with Crippen LogP contribution in [0.1, 0.15) is 24.0 Å². The molecular weight excluding hydrogens is 228 g/mol. The van der Waals surface area contributed by atoms with Crippen molar-refractivity contribution >= 4 is 0 Å². The van der Waals surface area contributed by atoms with Crippen LogP contribution >= 0.6 is 0 Å². The van der Waals surface area contributed by atoms with Crippen molar-refractivity contribution in [1.29, 1.82) is 5.26 Å². The Kier molecular flexibility index (Phi) is 4.19. The molecule has 1 fully saturated rings. The van der Waals surface area contributed by atoms with Crippen LogP contribution in [0.2, 0.25) is 0 Å². The van der Waals surface area contributed by atoms with Crippen LogP contribution < -0.4 is 4.74 Å². The minimum Gasteiger partial charge on any atom is -0.495 e. The highest BCUT2D eigenvalue weighted by Crippen LogP contribution is 2.23. The van der Waals surface area contributed by atoms with Crippen LogP contribution in [-0.4, -0.2) is 36.3 Å². The smallest absolute Gasteiger partial charge is 0.136 e. The number of aliphatic hydroxyl groups is 1. The Morgan fingerprint density at radius 3 is 3.06 bits per heavy atom. The van der Waals surface area contributed by atoms with E-state index in [-0.39, 0.29) is 12.6 Å². The summed E-state index contributed by atoms with van der Waals surface area (Å²) in [5.74, 6) is 0.620. The topological polar surface area (TPSA) is 56.5 Å². The zero-order chi connectivity index (χ0) is 13.0. The Labute approximate surface area is 107 Å². The summed E-state index contributed by atoms with van der Waals surface area (Å²) >= 11 is 0. The molecule has 1 aromatic rings. The Balaban J connectivity index is 2.12. The summed E-state index contributed by atoms with van der Waals surface area (Å²) < 4.78 is 5.20. The molecule has 1 aromatic carbocycles. The first kappa shape index (κ1) is 12.9. The maximum Gasteiger partial charge on any atom is 0.136 e. The van der Waals surface area contributed by atoms with Crippen molar-refractivity contribution in [3.8, 4) is 11.8 Å². The normalized spacial score (nSPS) is 19.7. The van der Waals surface area contributed by atoms with Crippen molar-refractivity contribution in [3.05, 3.63) is 29.3 Å². The first-order chi connectivity index (χ1) is 8.78. The van der Waals surface area contributed by atoms with E-state index in [4.69, 9.17) is 10.00 Å². The van der Waals surface area contributed by atoms with Gasteiger partial charge in [-0.25, -0.2) is 0 Å². The molecule has 1 aliphatic heterocycles. The first-order valence-corrected chi connectivity index (χ1v) is 6.20. The Morgan fingerprint density at radius 1 is 1.56 bits per heavy atom. The summed E-state index contributed by atoms with van der Waals surface area (Å²) in [4.78, 5) is 2.28. The fourth-order valence-corrected chi connectivity index (χ4v) is 2.47. The molecule has 0 spiro atoms. The molecule has 4 nitrogen and oxygen atoms in total. The largest absolute Gasteiger partial charge is 0.495 e. The van der Waals surface area contributed by atoms with E-state index in [2.05, 4.69) is 11.0 Å². The first-order valence-electron chi connectivity index (χ1n) is 6.20. The van der Waals surface area contributed by atoms with Crippen LogP contribution in [0.5, 0.6) is 5.75 Å². The van der Waals surface area contributed by atoms with E-state index < -0.39 is 0 Å². The molecular formula is C14H18N2O2. The van der Waals surface area contributed by atoms with Crippen LogP contribution in [-0.2, 0) is 6.54 Å². The number of rotatable bonds is 4. The van der Waals surface area contributed by atoms with Crippen molar-refractivity contribution in [3.63, 3.8) is 0 Å². The van der Waals surface area contributed by atoms with E-state index in [1.807, 2.05) is 12.1 Å². The zero-order valence-corrected chi connectivity index (χ0v) is 10.6. The molecule has 2 rings (SSSR count). The van der Waals surface area contributed by atoms with Crippen LogP contribution in [0.25, 0.3) is 0 Å². The molecule has 0 amide bonds. The summed E-state index contributed by atoms with van der Waals surface area (Å²) in [5, 5.41) is 18.2.